The van der Waals surface area contributed by atoms with Crippen molar-refractivity contribution in [3.05, 3.63) is 17.0 Å². The summed E-state index contributed by atoms with van der Waals surface area (Å²) in [7, 11) is 1.97. The molecule has 1 atom stereocenters. The van der Waals surface area contributed by atoms with Crippen molar-refractivity contribution in [1.82, 2.24) is 20.4 Å². The van der Waals surface area contributed by atoms with Crippen LogP contribution in [0.3, 0.4) is 0 Å². The third-order valence-electron chi connectivity index (χ3n) is 5.44. The first-order valence-corrected chi connectivity index (χ1v) is 8.01. The maximum Gasteiger partial charge on any atom is 0.223 e. The highest BCUT2D eigenvalue weighted by Gasteiger charge is 2.57. The summed E-state index contributed by atoms with van der Waals surface area (Å²) in [5.74, 6) is 0.520. The maximum absolute atomic E-state index is 12.3. The highest BCUT2D eigenvalue weighted by molar-refractivity contribution is 5.82. The van der Waals surface area contributed by atoms with Gasteiger partial charge in [0.25, 0.3) is 0 Å². The molecule has 1 aromatic heterocycles. The van der Waals surface area contributed by atoms with E-state index >= 15 is 0 Å². The number of aryl methyl sites for hydroxylation is 2. The second-order valence-electron chi connectivity index (χ2n) is 6.68. The average Bonchev–Trinajstić information content (AvgIpc) is 3.10. The van der Waals surface area contributed by atoms with Crippen LogP contribution >= 0.6 is 0 Å². The number of nitrogens with one attached hydrogen (secondary N) is 2. The summed E-state index contributed by atoms with van der Waals surface area (Å²) in [6.07, 6.45) is 4.28. The fraction of sp³-hybridized carbons (Fsp3) is 0.750. The van der Waals surface area contributed by atoms with Crippen LogP contribution in [0.5, 0.6) is 0 Å². The number of hydrogen-bond donors (Lipinski definition) is 2. The van der Waals surface area contributed by atoms with E-state index in [1.807, 2.05) is 18.7 Å². The molecule has 1 saturated carbocycles. The molecule has 2 aliphatic rings. The van der Waals surface area contributed by atoms with E-state index < -0.39 is 0 Å². The number of carbonyl (C=O) groups is 1. The number of carbonyl (C=O) groups excluding carboxylic acids is 1. The van der Waals surface area contributed by atoms with Crippen LogP contribution in [-0.2, 0) is 18.3 Å². The molecule has 0 bridgehead atoms. The summed E-state index contributed by atoms with van der Waals surface area (Å²) < 4.78 is 1.91. The molecule has 0 radical (unpaired) electrons. The second-order valence-corrected chi connectivity index (χ2v) is 6.68. The normalized spacial score (nSPS) is 23.3. The molecule has 2 N–H and O–H groups in total. The Morgan fingerprint density at radius 1 is 1.43 bits per heavy atom. The van der Waals surface area contributed by atoms with Gasteiger partial charge < -0.3 is 10.6 Å². The molecule has 1 unspecified atom stereocenters. The van der Waals surface area contributed by atoms with Gasteiger partial charge in [-0.25, -0.2) is 0 Å². The standard InChI is InChI=1S/C16H26N4O/c1-11-13(12(2)20(3)19-11)4-7-18-15(21)14-10-16(14)5-8-17-9-6-16/h14,17H,4-10H2,1-3H3,(H,18,21). The van der Waals surface area contributed by atoms with E-state index in [1.54, 1.807) is 0 Å². The fourth-order valence-corrected chi connectivity index (χ4v) is 3.81. The lowest BCUT2D eigenvalue weighted by Crippen LogP contribution is -2.34. The third-order valence-corrected chi connectivity index (χ3v) is 5.44. The van der Waals surface area contributed by atoms with Crippen LogP contribution in [0.4, 0.5) is 0 Å². The van der Waals surface area contributed by atoms with Crippen molar-refractivity contribution in [2.24, 2.45) is 18.4 Å². The zero-order chi connectivity index (χ0) is 15.0. The Labute approximate surface area is 126 Å². The molecule has 1 aliphatic heterocycles. The van der Waals surface area contributed by atoms with Crippen LogP contribution in [-0.4, -0.2) is 35.3 Å². The Morgan fingerprint density at radius 3 is 2.76 bits per heavy atom. The Balaban J connectivity index is 1.49. The Morgan fingerprint density at radius 2 is 2.14 bits per heavy atom. The minimum atomic E-state index is 0.260. The highest BCUT2D eigenvalue weighted by atomic mass is 16.2. The number of hydrogen-bond acceptors (Lipinski definition) is 3. The zero-order valence-corrected chi connectivity index (χ0v) is 13.3. The van der Waals surface area contributed by atoms with Crippen molar-refractivity contribution in [3.8, 4) is 0 Å². The van der Waals surface area contributed by atoms with E-state index in [2.05, 4.69) is 22.7 Å². The van der Waals surface area contributed by atoms with Gasteiger partial charge in [0.1, 0.15) is 0 Å². The number of amides is 1. The molecule has 2 heterocycles. The van der Waals surface area contributed by atoms with E-state index in [0.717, 1.165) is 51.0 Å². The van der Waals surface area contributed by atoms with Gasteiger partial charge in [0.2, 0.25) is 5.91 Å². The van der Waals surface area contributed by atoms with E-state index in [-0.39, 0.29) is 11.8 Å². The maximum atomic E-state index is 12.3. The van der Waals surface area contributed by atoms with E-state index in [0.29, 0.717) is 5.41 Å². The lowest BCUT2D eigenvalue weighted by Gasteiger charge is -2.23. The summed E-state index contributed by atoms with van der Waals surface area (Å²) in [6.45, 7) is 6.98. The molecule has 2 fully saturated rings. The molecule has 1 aliphatic carbocycles. The van der Waals surface area contributed by atoms with Crippen molar-refractivity contribution in [1.29, 1.82) is 0 Å². The number of nitrogens with zero attached hydrogens (tertiary/aromatic N) is 2. The van der Waals surface area contributed by atoms with Crippen molar-refractivity contribution in [2.45, 2.75) is 39.5 Å². The minimum absolute atomic E-state index is 0.260. The van der Waals surface area contributed by atoms with Crippen molar-refractivity contribution >= 4 is 5.91 Å². The first-order chi connectivity index (χ1) is 10.0. The summed E-state index contributed by atoms with van der Waals surface area (Å²) in [4.78, 5) is 12.3. The Hall–Kier alpha value is -1.36. The molecule has 0 aromatic carbocycles. The van der Waals surface area contributed by atoms with Crippen LogP contribution in [0.25, 0.3) is 0 Å². The first-order valence-electron chi connectivity index (χ1n) is 8.01. The summed E-state index contributed by atoms with van der Waals surface area (Å²) in [5, 5.41) is 10.9. The Bertz CT molecular complexity index is 543. The fourth-order valence-electron chi connectivity index (χ4n) is 3.81. The molecule has 5 heteroatoms. The lowest BCUT2D eigenvalue weighted by molar-refractivity contribution is -0.123. The van der Waals surface area contributed by atoms with Crippen LogP contribution in [0.15, 0.2) is 0 Å². The molecular formula is C16H26N4O. The molecule has 1 saturated heterocycles. The molecule has 116 valence electrons. The quantitative estimate of drug-likeness (QED) is 0.872. The summed E-state index contributed by atoms with van der Waals surface area (Å²) in [6, 6.07) is 0. The second kappa shape index (κ2) is 5.44. The van der Waals surface area contributed by atoms with Crippen LogP contribution < -0.4 is 10.6 Å². The van der Waals surface area contributed by atoms with Gasteiger partial charge in [-0.1, -0.05) is 0 Å². The SMILES string of the molecule is Cc1nn(C)c(C)c1CCNC(=O)C1CC12CCNCC2. The summed E-state index contributed by atoms with van der Waals surface area (Å²) in [5.41, 5.74) is 3.87. The van der Waals surface area contributed by atoms with Gasteiger partial charge in [-0.2, -0.15) is 5.10 Å². The third kappa shape index (κ3) is 2.71. The Kier molecular flexibility index (Phi) is 3.78. The zero-order valence-electron chi connectivity index (χ0n) is 13.3. The minimum Gasteiger partial charge on any atom is -0.356 e. The number of aromatic nitrogens is 2. The van der Waals surface area contributed by atoms with E-state index in [1.165, 1.54) is 11.3 Å². The molecular weight excluding hydrogens is 264 g/mol. The smallest absolute Gasteiger partial charge is 0.223 e. The molecule has 1 aromatic rings. The highest BCUT2D eigenvalue weighted by Crippen LogP contribution is 2.58. The molecule has 1 spiro atoms. The van der Waals surface area contributed by atoms with E-state index in [4.69, 9.17) is 0 Å². The molecule has 3 rings (SSSR count). The van der Waals surface area contributed by atoms with Crippen molar-refractivity contribution in [3.63, 3.8) is 0 Å². The monoisotopic (exact) mass is 290 g/mol. The van der Waals surface area contributed by atoms with Crippen LogP contribution in [0.1, 0.15) is 36.2 Å². The van der Waals surface area contributed by atoms with Crippen LogP contribution in [0, 0.1) is 25.2 Å². The first kappa shape index (κ1) is 14.6. The number of rotatable bonds is 4. The predicted octanol–water partition coefficient (Wildman–Crippen LogP) is 1.09. The van der Waals surface area contributed by atoms with Gasteiger partial charge in [-0.3, -0.25) is 9.48 Å². The van der Waals surface area contributed by atoms with Crippen molar-refractivity contribution < 1.29 is 4.79 Å². The van der Waals surface area contributed by atoms with Gasteiger partial charge in [-0.05, 0) is 63.6 Å². The largest absolute Gasteiger partial charge is 0.356 e. The van der Waals surface area contributed by atoms with Gasteiger partial charge >= 0.3 is 0 Å². The van der Waals surface area contributed by atoms with Crippen LogP contribution in [0.2, 0.25) is 0 Å². The average molecular weight is 290 g/mol. The van der Waals surface area contributed by atoms with Crippen molar-refractivity contribution in [2.75, 3.05) is 19.6 Å². The molecule has 5 nitrogen and oxygen atoms in total. The summed E-state index contributed by atoms with van der Waals surface area (Å²) >= 11 is 0. The molecule has 1 amide bonds. The van der Waals surface area contributed by atoms with Gasteiger partial charge in [0.05, 0.1) is 5.69 Å². The number of piperidine rings is 1. The molecule has 21 heavy (non-hydrogen) atoms. The topological polar surface area (TPSA) is 59.0 Å². The lowest BCUT2D eigenvalue weighted by atomic mass is 9.92. The van der Waals surface area contributed by atoms with E-state index in [9.17, 15) is 4.79 Å². The predicted molar refractivity (Wildman–Crippen MR) is 82.0 cm³/mol. The van der Waals surface area contributed by atoms with Gasteiger partial charge in [0, 0.05) is 25.2 Å². The van der Waals surface area contributed by atoms with Gasteiger partial charge in [0.15, 0.2) is 0 Å². The van der Waals surface area contributed by atoms with Gasteiger partial charge in [-0.15, -0.1) is 0 Å².